The summed E-state index contributed by atoms with van der Waals surface area (Å²) in [7, 11) is 0. The molecular weight excluding hydrogens is 258 g/mol. The van der Waals surface area contributed by atoms with Crippen LogP contribution in [0.4, 0.5) is 0 Å². The van der Waals surface area contributed by atoms with Gasteiger partial charge in [-0.1, -0.05) is 45.7 Å². The fourth-order valence-electron chi connectivity index (χ4n) is 2.29. The van der Waals surface area contributed by atoms with Gasteiger partial charge in [0.25, 0.3) is 0 Å². The van der Waals surface area contributed by atoms with Gasteiger partial charge in [-0.2, -0.15) is 5.10 Å². The Labute approximate surface area is 122 Å². The van der Waals surface area contributed by atoms with Crippen LogP contribution < -0.4 is 5.32 Å². The third kappa shape index (κ3) is 4.81. The maximum absolute atomic E-state index is 6.36. The fourth-order valence-corrected chi connectivity index (χ4v) is 2.56. The van der Waals surface area contributed by atoms with Crippen LogP contribution in [0.3, 0.4) is 0 Å². The molecule has 0 aromatic carbocycles. The molecule has 0 aliphatic rings. The lowest BCUT2D eigenvalue weighted by Gasteiger charge is -2.23. The second-order valence-corrected chi connectivity index (χ2v) is 5.76. The predicted molar refractivity (Wildman–Crippen MR) is 82.6 cm³/mol. The molecular formula is C15H28ClN3. The molecule has 0 aliphatic heterocycles. The van der Waals surface area contributed by atoms with E-state index in [0.717, 1.165) is 43.1 Å². The Morgan fingerprint density at radius 2 is 2.05 bits per heavy atom. The van der Waals surface area contributed by atoms with Crippen LogP contribution in [0.15, 0.2) is 6.20 Å². The second kappa shape index (κ2) is 8.60. The number of aromatic nitrogens is 2. The molecule has 110 valence electrons. The third-order valence-corrected chi connectivity index (χ3v) is 3.87. The van der Waals surface area contributed by atoms with Crippen LogP contribution in [-0.2, 0) is 6.54 Å². The van der Waals surface area contributed by atoms with Gasteiger partial charge in [0.05, 0.1) is 23.0 Å². The molecule has 0 aliphatic carbocycles. The van der Waals surface area contributed by atoms with Gasteiger partial charge in [-0.25, -0.2) is 0 Å². The van der Waals surface area contributed by atoms with Crippen LogP contribution in [0.2, 0.25) is 5.02 Å². The molecule has 0 radical (unpaired) electrons. The van der Waals surface area contributed by atoms with Crippen molar-refractivity contribution in [3.05, 3.63) is 16.9 Å². The van der Waals surface area contributed by atoms with E-state index in [-0.39, 0.29) is 0 Å². The first-order valence-corrected chi connectivity index (χ1v) is 7.96. The molecule has 0 amide bonds. The van der Waals surface area contributed by atoms with Gasteiger partial charge in [0.1, 0.15) is 0 Å². The molecule has 1 aromatic rings. The normalized spacial score (nSPS) is 14.6. The molecule has 0 fully saturated rings. The molecule has 19 heavy (non-hydrogen) atoms. The molecule has 1 rings (SSSR count). The first kappa shape index (κ1) is 16.5. The summed E-state index contributed by atoms with van der Waals surface area (Å²) in [6.07, 6.45) is 6.31. The molecule has 1 heterocycles. The van der Waals surface area contributed by atoms with E-state index in [1.165, 1.54) is 6.42 Å². The molecule has 3 nitrogen and oxygen atoms in total. The Balaban J connectivity index is 2.91. The summed E-state index contributed by atoms with van der Waals surface area (Å²) >= 11 is 6.36. The number of hydrogen-bond donors (Lipinski definition) is 1. The summed E-state index contributed by atoms with van der Waals surface area (Å²) in [5.74, 6) is 0.690. The summed E-state index contributed by atoms with van der Waals surface area (Å²) in [6.45, 7) is 10.9. The number of aryl methyl sites for hydroxylation is 1. The minimum Gasteiger partial charge on any atom is -0.309 e. The number of nitrogens with zero attached hydrogens (tertiary/aromatic N) is 2. The molecule has 1 aromatic heterocycles. The van der Waals surface area contributed by atoms with Crippen molar-refractivity contribution in [3.63, 3.8) is 0 Å². The van der Waals surface area contributed by atoms with E-state index in [0.29, 0.717) is 12.0 Å². The molecule has 0 spiro atoms. The van der Waals surface area contributed by atoms with Gasteiger partial charge < -0.3 is 5.32 Å². The summed E-state index contributed by atoms with van der Waals surface area (Å²) in [5.41, 5.74) is 1.16. The van der Waals surface area contributed by atoms with Crippen LogP contribution in [0.5, 0.6) is 0 Å². The number of hydrogen-bond acceptors (Lipinski definition) is 2. The molecule has 2 unspecified atom stereocenters. The average Bonchev–Trinajstić information content (AvgIpc) is 2.76. The maximum atomic E-state index is 6.36. The minimum absolute atomic E-state index is 0.316. The molecule has 1 N–H and O–H groups in total. The quantitative estimate of drug-likeness (QED) is 0.728. The maximum Gasteiger partial charge on any atom is 0.0834 e. The van der Waals surface area contributed by atoms with Crippen molar-refractivity contribution in [2.45, 2.75) is 66.0 Å². The molecule has 2 atom stereocenters. The predicted octanol–water partition coefficient (Wildman–Crippen LogP) is 4.42. The van der Waals surface area contributed by atoms with Crippen LogP contribution in [0, 0.1) is 5.92 Å². The summed E-state index contributed by atoms with van der Waals surface area (Å²) in [5, 5.41) is 8.84. The standard InChI is InChI=1S/C15H28ClN3/c1-5-8-17-14(10-12(4)7-3)15-13(16)11-18-19(15)9-6-2/h11-12,14,17H,5-10H2,1-4H3. The number of nitrogens with one attached hydrogen (secondary N) is 1. The molecule has 0 saturated heterocycles. The van der Waals surface area contributed by atoms with E-state index < -0.39 is 0 Å². The Morgan fingerprint density at radius 3 is 2.63 bits per heavy atom. The van der Waals surface area contributed by atoms with Crippen molar-refractivity contribution in [3.8, 4) is 0 Å². The van der Waals surface area contributed by atoms with Crippen molar-refractivity contribution in [1.29, 1.82) is 0 Å². The lowest BCUT2D eigenvalue weighted by atomic mass is 9.97. The summed E-state index contributed by atoms with van der Waals surface area (Å²) < 4.78 is 2.07. The highest BCUT2D eigenvalue weighted by molar-refractivity contribution is 6.31. The van der Waals surface area contributed by atoms with Crippen LogP contribution in [0.1, 0.15) is 65.1 Å². The van der Waals surface area contributed by atoms with Crippen molar-refractivity contribution >= 4 is 11.6 Å². The lowest BCUT2D eigenvalue weighted by Crippen LogP contribution is -2.27. The van der Waals surface area contributed by atoms with E-state index >= 15 is 0 Å². The summed E-state index contributed by atoms with van der Waals surface area (Å²) in [4.78, 5) is 0. The van der Waals surface area contributed by atoms with Gasteiger partial charge >= 0.3 is 0 Å². The SMILES string of the molecule is CCCNC(CC(C)CC)c1c(Cl)cnn1CCC. The van der Waals surface area contributed by atoms with Gasteiger partial charge in [0.15, 0.2) is 0 Å². The Kier molecular flexibility index (Phi) is 7.47. The van der Waals surface area contributed by atoms with Gasteiger partial charge in [-0.15, -0.1) is 0 Å². The van der Waals surface area contributed by atoms with Crippen molar-refractivity contribution in [2.75, 3.05) is 6.54 Å². The first-order chi connectivity index (χ1) is 9.13. The highest BCUT2D eigenvalue weighted by atomic mass is 35.5. The molecule has 4 heteroatoms. The zero-order chi connectivity index (χ0) is 14.3. The zero-order valence-electron chi connectivity index (χ0n) is 12.7. The molecule has 0 bridgehead atoms. The van der Waals surface area contributed by atoms with E-state index in [9.17, 15) is 0 Å². The minimum atomic E-state index is 0.316. The van der Waals surface area contributed by atoms with Crippen molar-refractivity contribution < 1.29 is 0 Å². The number of rotatable bonds is 9. The van der Waals surface area contributed by atoms with E-state index in [1.54, 1.807) is 6.20 Å². The Morgan fingerprint density at radius 1 is 1.32 bits per heavy atom. The van der Waals surface area contributed by atoms with E-state index in [4.69, 9.17) is 11.6 Å². The van der Waals surface area contributed by atoms with Gasteiger partial charge in [0.2, 0.25) is 0 Å². The Bertz CT molecular complexity index is 362. The average molecular weight is 286 g/mol. The van der Waals surface area contributed by atoms with Gasteiger partial charge in [-0.3, -0.25) is 4.68 Å². The molecule has 0 saturated carbocycles. The Hall–Kier alpha value is -0.540. The smallest absolute Gasteiger partial charge is 0.0834 e. The van der Waals surface area contributed by atoms with Crippen molar-refractivity contribution in [2.24, 2.45) is 5.92 Å². The third-order valence-electron chi connectivity index (χ3n) is 3.57. The highest BCUT2D eigenvalue weighted by Gasteiger charge is 2.21. The topological polar surface area (TPSA) is 29.9 Å². The van der Waals surface area contributed by atoms with Gasteiger partial charge in [0, 0.05) is 6.54 Å². The fraction of sp³-hybridized carbons (Fsp3) is 0.800. The van der Waals surface area contributed by atoms with E-state index in [1.807, 2.05) is 0 Å². The van der Waals surface area contributed by atoms with Crippen LogP contribution >= 0.6 is 11.6 Å². The second-order valence-electron chi connectivity index (χ2n) is 5.36. The summed E-state index contributed by atoms with van der Waals surface area (Å²) in [6, 6.07) is 0.316. The zero-order valence-corrected chi connectivity index (χ0v) is 13.5. The van der Waals surface area contributed by atoms with Crippen LogP contribution in [-0.4, -0.2) is 16.3 Å². The van der Waals surface area contributed by atoms with Crippen molar-refractivity contribution in [1.82, 2.24) is 15.1 Å². The highest BCUT2D eigenvalue weighted by Crippen LogP contribution is 2.29. The van der Waals surface area contributed by atoms with E-state index in [2.05, 4.69) is 42.8 Å². The number of halogens is 1. The largest absolute Gasteiger partial charge is 0.309 e. The monoisotopic (exact) mass is 285 g/mol. The lowest BCUT2D eigenvalue weighted by molar-refractivity contribution is 0.379. The van der Waals surface area contributed by atoms with Gasteiger partial charge in [-0.05, 0) is 31.7 Å². The first-order valence-electron chi connectivity index (χ1n) is 7.58. The van der Waals surface area contributed by atoms with Crippen LogP contribution in [0.25, 0.3) is 0 Å².